The van der Waals surface area contributed by atoms with Crippen molar-refractivity contribution in [3.8, 4) is 11.4 Å². The number of hydrogen-bond acceptors (Lipinski definition) is 2. The average Bonchev–Trinajstić information content (AvgIpc) is 2.39. The van der Waals surface area contributed by atoms with E-state index >= 15 is 0 Å². The third-order valence-electron chi connectivity index (χ3n) is 2.59. The van der Waals surface area contributed by atoms with Crippen LogP contribution in [0.1, 0.15) is 0 Å². The summed E-state index contributed by atoms with van der Waals surface area (Å²) in [7, 11) is 0. The van der Waals surface area contributed by atoms with Gasteiger partial charge in [0.05, 0.1) is 23.1 Å². The molecule has 0 atom stereocenters. The number of hydrogen-bond donors (Lipinski definition) is 0. The largest absolute Gasteiger partial charge is 0.252 e. The average molecular weight is 224 g/mol. The van der Waals surface area contributed by atoms with Gasteiger partial charge in [0.1, 0.15) is 5.82 Å². The number of nitrogens with zero attached hydrogens (tertiary/aromatic N) is 2. The van der Waals surface area contributed by atoms with Crippen LogP contribution in [0, 0.1) is 5.82 Å². The topological polar surface area (TPSA) is 25.8 Å². The molecule has 3 aromatic rings. The summed E-state index contributed by atoms with van der Waals surface area (Å²) < 4.78 is 12.8. The van der Waals surface area contributed by atoms with Crippen LogP contribution < -0.4 is 0 Å². The third-order valence-corrected chi connectivity index (χ3v) is 2.59. The summed E-state index contributed by atoms with van der Waals surface area (Å²) in [6.45, 7) is 0. The highest BCUT2D eigenvalue weighted by molar-refractivity contribution is 5.80. The van der Waals surface area contributed by atoms with Crippen molar-refractivity contribution in [1.82, 2.24) is 9.97 Å². The summed E-state index contributed by atoms with van der Waals surface area (Å²) in [5, 5.41) is 1.08. The van der Waals surface area contributed by atoms with Crippen LogP contribution in [0.4, 0.5) is 4.39 Å². The summed E-state index contributed by atoms with van der Waals surface area (Å²) in [5.41, 5.74) is 2.34. The van der Waals surface area contributed by atoms with Crippen molar-refractivity contribution in [1.29, 1.82) is 0 Å². The van der Waals surface area contributed by atoms with Gasteiger partial charge in [-0.3, -0.25) is 4.98 Å². The lowest BCUT2D eigenvalue weighted by Crippen LogP contribution is -1.88. The molecule has 0 radical (unpaired) electrons. The molecule has 0 aliphatic carbocycles. The highest BCUT2D eigenvalue weighted by atomic mass is 19.1. The van der Waals surface area contributed by atoms with E-state index < -0.39 is 0 Å². The van der Waals surface area contributed by atoms with E-state index in [1.165, 1.54) is 12.3 Å². The Morgan fingerprint density at radius 1 is 0.824 bits per heavy atom. The first-order chi connectivity index (χ1) is 8.33. The Hall–Kier alpha value is -2.29. The number of halogens is 1. The zero-order chi connectivity index (χ0) is 11.7. The van der Waals surface area contributed by atoms with Gasteiger partial charge in [0.2, 0.25) is 0 Å². The molecule has 0 saturated carbocycles. The maximum atomic E-state index is 12.8. The van der Waals surface area contributed by atoms with E-state index in [2.05, 4.69) is 9.97 Å². The van der Waals surface area contributed by atoms with E-state index in [1.54, 1.807) is 6.07 Å². The molecule has 0 bridgehead atoms. The smallest absolute Gasteiger partial charge is 0.141 e. The molecule has 0 amide bonds. The predicted molar refractivity (Wildman–Crippen MR) is 64.9 cm³/mol. The van der Waals surface area contributed by atoms with Gasteiger partial charge < -0.3 is 0 Å². The minimum absolute atomic E-state index is 0.338. The fourth-order valence-electron chi connectivity index (χ4n) is 1.74. The normalized spacial score (nSPS) is 10.6. The Morgan fingerprint density at radius 3 is 2.47 bits per heavy atom. The molecule has 82 valence electrons. The lowest BCUT2D eigenvalue weighted by molar-refractivity contribution is 0.622. The van der Waals surface area contributed by atoms with E-state index in [-0.39, 0.29) is 5.82 Å². The summed E-state index contributed by atoms with van der Waals surface area (Å²) in [6, 6.07) is 14.8. The minimum atomic E-state index is -0.338. The highest BCUT2D eigenvalue weighted by Gasteiger charge is 2.02. The van der Waals surface area contributed by atoms with Crippen molar-refractivity contribution < 1.29 is 4.39 Å². The van der Waals surface area contributed by atoms with Crippen molar-refractivity contribution in [3.05, 3.63) is 60.5 Å². The van der Waals surface area contributed by atoms with Crippen molar-refractivity contribution in [2.24, 2.45) is 0 Å². The van der Waals surface area contributed by atoms with Gasteiger partial charge in [-0.05, 0) is 24.3 Å². The Balaban J connectivity index is 2.14. The summed E-state index contributed by atoms with van der Waals surface area (Å²) in [4.78, 5) is 8.51. The lowest BCUT2D eigenvalue weighted by atomic mass is 10.2. The molecule has 3 rings (SSSR count). The zero-order valence-electron chi connectivity index (χ0n) is 8.97. The number of para-hydroxylation sites is 1. The molecule has 0 spiro atoms. The Labute approximate surface area is 97.8 Å². The Morgan fingerprint density at radius 2 is 1.65 bits per heavy atom. The predicted octanol–water partition coefficient (Wildman–Crippen LogP) is 3.44. The molecule has 0 N–H and O–H groups in total. The van der Waals surface area contributed by atoms with Gasteiger partial charge >= 0.3 is 0 Å². The first kappa shape index (κ1) is 9.90. The molecule has 2 aromatic heterocycles. The first-order valence-electron chi connectivity index (χ1n) is 5.31. The molecule has 17 heavy (non-hydrogen) atoms. The summed E-state index contributed by atoms with van der Waals surface area (Å²) in [6.07, 6.45) is 1.20. The molecule has 0 aliphatic rings. The van der Waals surface area contributed by atoms with E-state index in [9.17, 15) is 4.39 Å². The van der Waals surface area contributed by atoms with Crippen molar-refractivity contribution >= 4 is 10.9 Å². The van der Waals surface area contributed by atoms with E-state index in [0.717, 1.165) is 16.6 Å². The number of pyridine rings is 2. The van der Waals surface area contributed by atoms with E-state index in [0.29, 0.717) is 5.69 Å². The Kier molecular flexibility index (Phi) is 2.29. The first-order valence-corrected chi connectivity index (χ1v) is 5.31. The van der Waals surface area contributed by atoms with Crippen LogP contribution in [0.15, 0.2) is 54.7 Å². The molecule has 2 heterocycles. The maximum absolute atomic E-state index is 12.8. The number of benzene rings is 1. The van der Waals surface area contributed by atoms with Gasteiger partial charge in [-0.15, -0.1) is 0 Å². The van der Waals surface area contributed by atoms with Crippen LogP contribution in [0.3, 0.4) is 0 Å². The molecular formula is C14H9FN2. The van der Waals surface area contributed by atoms with Crippen LogP contribution in [0.5, 0.6) is 0 Å². The molecule has 0 aliphatic heterocycles. The van der Waals surface area contributed by atoms with Gasteiger partial charge in [-0.2, -0.15) is 0 Å². The maximum Gasteiger partial charge on any atom is 0.141 e. The molecule has 1 aromatic carbocycles. The van der Waals surface area contributed by atoms with E-state index in [4.69, 9.17) is 0 Å². The second-order valence-electron chi connectivity index (χ2n) is 3.75. The highest BCUT2D eigenvalue weighted by Crippen LogP contribution is 2.18. The van der Waals surface area contributed by atoms with Crippen LogP contribution in [0.25, 0.3) is 22.3 Å². The van der Waals surface area contributed by atoms with Crippen molar-refractivity contribution in [2.75, 3.05) is 0 Å². The summed E-state index contributed by atoms with van der Waals surface area (Å²) in [5.74, 6) is -0.338. The van der Waals surface area contributed by atoms with Crippen molar-refractivity contribution in [2.45, 2.75) is 0 Å². The summed E-state index contributed by atoms with van der Waals surface area (Å²) >= 11 is 0. The quantitative estimate of drug-likeness (QED) is 0.632. The molecule has 0 saturated heterocycles. The SMILES string of the molecule is Fc1ccc(-c2ccc3ccccc3n2)nc1. The van der Waals surface area contributed by atoms with Gasteiger partial charge in [0.15, 0.2) is 0 Å². The second kappa shape index (κ2) is 3.94. The van der Waals surface area contributed by atoms with Gasteiger partial charge in [0.25, 0.3) is 0 Å². The molecular weight excluding hydrogens is 215 g/mol. The number of rotatable bonds is 1. The van der Waals surface area contributed by atoms with Crippen LogP contribution in [-0.2, 0) is 0 Å². The van der Waals surface area contributed by atoms with Gasteiger partial charge in [-0.25, -0.2) is 9.37 Å². The fraction of sp³-hybridized carbons (Fsp3) is 0. The van der Waals surface area contributed by atoms with E-state index in [1.807, 2.05) is 36.4 Å². The minimum Gasteiger partial charge on any atom is -0.252 e. The third kappa shape index (κ3) is 1.87. The molecule has 3 heteroatoms. The monoisotopic (exact) mass is 224 g/mol. The molecule has 0 fully saturated rings. The zero-order valence-corrected chi connectivity index (χ0v) is 8.97. The van der Waals surface area contributed by atoms with Crippen LogP contribution >= 0.6 is 0 Å². The van der Waals surface area contributed by atoms with Crippen LogP contribution in [-0.4, -0.2) is 9.97 Å². The fourth-order valence-corrected chi connectivity index (χ4v) is 1.74. The van der Waals surface area contributed by atoms with Crippen molar-refractivity contribution in [3.63, 3.8) is 0 Å². The Bertz CT molecular complexity index is 662. The van der Waals surface area contributed by atoms with Gasteiger partial charge in [0, 0.05) is 5.39 Å². The molecule has 2 nitrogen and oxygen atoms in total. The second-order valence-corrected chi connectivity index (χ2v) is 3.75. The standard InChI is InChI=1S/C14H9FN2/c15-11-6-8-13(16-9-11)14-7-5-10-3-1-2-4-12(10)17-14/h1-9H. The number of fused-ring (bicyclic) bond motifs is 1. The number of aromatic nitrogens is 2. The van der Waals surface area contributed by atoms with Crippen LogP contribution in [0.2, 0.25) is 0 Å². The lowest BCUT2D eigenvalue weighted by Gasteiger charge is -2.02. The van der Waals surface area contributed by atoms with Gasteiger partial charge in [-0.1, -0.05) is 24.3 Å². The molecule has 0 unspecified atom stereocenters.